The second-order valence-electron chi connectivity index (χ2n) is 3.66. The predicted molar refractivity (Wildman–Crippen MR) is 64.1 cm³/mol. The normalized spacial score (nSPS) is 12.7. The molecule has 0 saturated carbocycles. The molecule has 15 heavy (non-hydrogen) atoms. The average molecular weight is 218 g/mol. The van der Waals surface area contributed by atoms with E-state index >= 15 is 0 Å². The van der Waals surface area contributed by atoms with Crippen molar-refractivity contribution in [2.45, 2.75) is 19.9 Å². The first-order chi connectivity index (χ1) is 7.18. The minimum Gasteiger partial charge on any atom is -0.320 e. The van der Waals surface area contributed by atoms with Crippen LogP contribution < -0.4 is 5.73 Å². The predicted octanol–water partition coefficient (Wildman–Crippen LogP) is 2.81. The third-order valence-electron chi connectivity index (χ3n) is 2.48. The molecule has 3 heteroatoms. The van der Waals surface area contributed by atoms with Crippen LogP contribution in [0.15, 0.2) is 30.6 Å². The molecule has 0 fully saturated rings. The van der Waals surface area contributed by atoms with E-state index in [9.17, 15) is 0 Å². The first-order valence-corrected chi connectivity index (χ1v) is 5.72. The summed E-state index contributed by atoms with van der Waals surface area (Å²) in [5, 5.41) is 0. The van der Waals surface area contributed by atoms with Crippen molar-refractivity contribution in [3.63, 3.8) is 0 Å². The molecule has 0 saturated heterocycles. The van der Waals surface area contributed by atoms with Crippen LogP contribution in [-0.4, -0.2) is 4.98 Å². The minimum atomic E-state index is -0.0441. The van der Waals surface area contributed by atoms with Crippen molar-refractivity contribution < 1.29 is 0 Å². The van der Waals surface area contributed by atoms with Crippen molar-refractivity contribution in [3.05, 3.63) is 51.5 Å². The van der Waals surface area contributed by atoms with Crippen LogP contribution in [0.3, 0.4) is 0 Å². The zero-order valence-electron chi connectivity index (χ0n) is 8.90. The highest BCUT2D eigenvalue weighted by atomic mass is 32.1. The molecular weight excluding hydrogens is 204 g/mol. The first-order valence-electron chi connectivity index (χ1n) is 4.91. The van der Waals surface area contributed by atoms with Gasteiger partial charge in [0.05, 0.1) is 6.04 Å². The second-order valence-corrected chi connectivity index (χ2v) is 4.98. The highest BCUT2D eigenvalue weighted by molar-refractivity contribution is 7.12. The molecule has 0 aromatic carbocycles. The lowest BCUT2D eigenvalue weighted by molar-refractivity contribution is 0.872. The van der Waals surface area contributed by atoms with Crippen molar-refractivity contribution in [1.82, 2.24) is 4.98 Å². The van der Waals surface area contributed by atoms with Crippen molar-refractivity contribution in [2.24, 2.45) is 5.73 Å². The Hall–Kier alpha value is -1.19. The van der Waals surface area contributed by atoms with Crippen molar-refractivity contribution in [3.8, 4) is 0 Å². The molecule has 0 radical (unpaired) electrons. The average Bonchev–Trinajstić information content (AvgIpc) is 2.65. The Balaban J connectivity index is 2.36. The summed E-state index contributed by atoms with van der Waals surface area (Å²) in [7, 11) is 0. The largest absolute Gasteiger partial charge is 0.320 e. The number of aryl methyl sites for hydroxylation is 2. The van der Waals surface area contributed by atoms with E-state index in [1.54, 1.807) is 17.5 Å². The molecule has 78 valence electrons. The summed E-state index contributed by atoms with van der Waals surface area (Å²) in [6, 6.07) is 6.15. The summed E-state index contributed by atoms with van der Waals surface area (Å²) in [5.41, 5.74) is 8.51. The standard InChI is InChI=1S/C12H14N2S/c1-8-5-6-14-7-10(8)12(13)11-4-3-9(2)15-11/h3-7,12H,13H2,1-2H3. The Morgan fingerprint density at radius 3 is 2.67 bits per heavy atom. The quantitative estimate of drug-likeness (QED) is 0.841. The topological polar surface area (TPSA) is 38.9 Å². The number of nitrogens with two attached hydrogens (primary N) is 1. The lowest BCUT2D eigenvalue weighted by Gasteiger charge is -2.11. The van der Waals surface area contributed by atoms with Crippen molar-refractivity contribution in [1.29, 1.82) is 0 Å². The van der Waals surface area contributed by atoms with Gasteiger partial charge in [-0.05, 0) is 43.2 Å². The lowest BCUT2D eigenvalue weighted by Crippen LogP contribution is -2.11. The van der Waals surface area contributed by atoms with Gasteiger partial charge in [0.1, 0.15) is 0 Å². The van der Waals surface area contributed by atoms with E-state index in [2.05, 4.69) is 31.0 Å². The molecule has 0 aliphatic rings. The first kappa shape index (κ1) is 10.3. The maximum Gasteiger partial charge on any atom is 0.0663 e. The molecule has 1 unspecified atom stereocenters. The molecule has 0 amide bonds. The van der Waals surface area contributed by atoms with Gasteiger partial charge in [0.2, 0.25) is 0 Å². The van der Waals surface area contributed by atoms with E-state index in [0.717, 1.165) is 5.56 Å². The summed E-state index contributed by atoms with van der Waals surface area (Å²) in [5.74, 6) is 0. The van der Waals surface area contributed by atoms with E-state index < -0.39 is 0 Å². The Labute approximate surface area is 93.8 Å². The van der Waals surface area contributed by atoms with Gasteiger partial charge < -0.3 is 5.73 Å². The van der Waals surface area contributed by atoms with E-state index in [1.165, 1.54) is 15.3 Å². The Bertz CT molecular complexity index is 462. The third kappa shape index (κ3) is 2.08. The Morgan fingerprint density at radius 1 is 1.27 bits per heavy atom. The molecule has 0 aliphatic heterocycles. The summed E-state index contributed by atoms with van der Waals surface area (Å²) in [4.78, 5) is 6.61. The molecule has 1 atom stereocenters. The number of hydrogen-bond acceptors (Lipinski definition) is 3. The highest BCUT2D eigenvalue weighted by Gasteiger charge is 2.12. The monoisotopic (exact) mass is 218 g/mol. The zero-order valence-corrected chi connectivity index (χ0v) is 9.71. The Morgan fingerprint density at radius 2 is 2.07 bits per heavy atom. The van der Waals surface area contributed by atoms with Gasteiger partial charge in [0, 0.05) is 22.1 Å². The number of nitrogens with zero attached hydrogens (tertiary/aromatic N) is 1. The SMILES string of the molecule is Cc1ccc(C(N)c2cnccc2C)s1. The van der Waals surface area contributed by atoms with Gasteiger partial charge in [-0.3, -0.25) is 4.98 Å². The molecule has 2 N–H and O–H groups in total. The van der Waals surface area contributed by atoms with Crippen LogP contribution in [0.1, 0.15) is 26.9 Å². The third-order valence-corrected chi connectivity index (χ3v) is 3.57. The van der Waals surface area contributed by atoms with Crippen LogP contribution in [0.25, 0.3) is 0 Å². The van der Waals surface area contributed by atoms with Gasteiger partial charge in [-0.2, -0.15) is 0 Å². The molecule has 0 spiro atoms. The Kier molecular flexibility index (Phi) is 2.84. The van der Waals surface area contributed by atoms with Crippen LogP contribution in [0.4, 0.5) is 0 Å². The van der Waals surface area contributed by atoms with Crippen LogP contribution in [-0.2, 0) is 0 Å². The molecule has 0 bridgehead atoms. The van der Waals surface area contributed by atoms with Crippen molar-refractivity contribution >= 4 is 11.3 Å². The molecule has 0 aliphatic carbocycles. The van der Waals surface area contributed by atoms with Gasteiger partial charge in [-0.1, -0.05) is 0 Å². The van der Waals surface area contributed by atoms with E-state index in [4.69, 9.17) is 5.73 Å². The molecule has 2 heterocycles. The summed E-state index contributed by atoms with van der Waals surface area (Å²) >= 11 is 1.75. The number of aromatic nitrogens is 1. The maximum atomic E-state index is 6.20. The van der Waals surface area contributed by atoms with Gasteiger partial charge in [-0.25, -0.2) is 0 Å². The molecule has 2 rings (SSSR count). The summed E-state index contributed by atoms with van der Waals surface area (Å²) in [6.07, 6.45) is 3.65. The highest BCUT2D eigenvalue weighted by Crippen LogP contribution is 2.27. The van der Waals surface area contributed by atoms with Gasteiger partial charge >= 0.3 is 0 Å². The smallest absolute Gasteiger partial charge is 0.0663 e. The fourth-order valence-corrected chi connectivity index (χ4v) is 2.47. The van der Waals surface area contributed by atoms with Crippen LogP contribution in [0.5, 0.6) is 0 Å². The van der Waals surface area contributed by atoms with Gasteiger partial charge in [0.15, 0.2) is 0 Å². The molecule has 2 aromatic rings. The van der Waals surface area contributed by atoms with E-state index in [0.29, 0.717) is 0 Å². The number of rotatable bonds is 2. The van der Waals surface area contributed by atoms with Crippen LogP contribution in [0, 0.1) is 13.8 Å². The lowest BCUT2D eigenvalue weighted by atomic mass is 10.0. The summed E-state index contributed by atoms with van der Waals surface area (Å²) in [6.45, 7) is 4.16. The fourth-order valence-electron chi connectivity index (χ4n) is 1.58. The maximum absolute atomic E-state index is 6.20. The number of pyridine rings is 1. The second kappa shape index (κ2) is 4.13. The van der Waals surface area contributed by atoms with E-state index in [-0.39, 0.29) is 6.04 Å². The minimum absolute atomic E-state index is 0.0441. The molecule has 2 aromatic heterocycles. The number of thiophene rings is 1. The van der Waals surface area contributed by atoms with Crippen molar-refractivity contribution in [2.75, 3.05) is 0 Å². The van der Waals surface area contributed by atoms with Gasteiger partial charge in [-0.15, -0.1) is 11.3 Å². The summed E-state index contributed by atoms with van der Waals surface area (Å²) < 4.78 is 0. The zero-order chi connectivity index (χ0) is 10.8. The van der Waals surface area contributed by atoms with E-state index in [1.807, 2.05) is 12.3 Å². The molecular formula is C12H14N2S. The van der Waals surface area contributed by atoms with Gasteiger partial charge in [0.25, 0.3) is 0 Å². The number of hydrogen-bond donors (Lipinski definition) is 1. The molecule has 2 nitrogen and oxygen atoms in total. The van der Waals surface area contributed by atoms with Crippen LogP contribution >= 0.6 is 11.3 Å². The fraction of sp³-hybridized carbons (Fsp3) is 0.250. The van der Waals surface area contributed by atoms with Crippen LogP contribution in [0.2, 0.25) is 0 Å².